The van der Waals surface area contributed by atoms with Crippen LogP contribution in [-0.4, -0.2) is 32.5 Å². The minimum Gasteiger partial charge on any atom is -0.312 e. The fraction of sp³-hybridized carbons (Fsp3) is 0.500. The van der Waals surface area contributed by atoms with E-state index < -0.39 is 33.4 Å². The van der Waals surface area contributed by atoms with Crippen molar-refractivity contribution in [1.29, 1.82) is 0 Å². The Morgan fingerprint density at radius 1 is 1.44 bits per heavy atom. The minimum absolute atomic E-state index is 0.169. The topological polar surface area (TPSA) is 59.1 Å². The van der Waals surface area contributed by atoms with E-state index in [1.807, 2.05) is 0 Å². The summed E-state index contributed by atoms with van der Waals surface area (Å²) in [4.78, 5) is 3.62. The molecule has 4 nitrogen and oxygen atoms in total. The SMILES string of the molecule is CNC(CS(C)(=O)=O)c1cnccc1C(F)(F)F. The molecule has 0 saturated carbocycles. The van der Waals surface area contributed by atoms with Crippen LogP contribution < -0.4 is 5.32 Å². The van der Waals surface area contributed by atoms with E-state index in [0.717, 1.165) is 24.7 Å². The number of aromatic nitrogens is 1. The summed E-state index contributed by atoms with van der Waals surface area (Å²) in [6.45, 7) is 0. The third kappa shape index (κ3) is 3.95. The maximum atomic E-state index is 12.8. The summed E-state index contributed by atoms with van der Waals surface area (Å²) >= 11 is 0. The number of nitrogens with one attached hydrogen (secondary N) is 1. The highest BCUT2D eigenvalue weighted by Crippen LogP contribution is 2.34. The molecule has 102 valence electrons. The lowest BCUT2D eigenvalue weighted by Gasteiger charge is -2.19. The molecular weight excluding hydrogens is 269 g/mol. The molecule has 0 bridgehead atoms. The predicted octanol–water partition coefficient (Wildman–Crippen LogP) is 1.41. The van der Waals surface area contributed by atoms with E-state index in [2.05, 4.69) is 10.3 Å². The average Bonchev–Trinajstić information content (AvgIpc) is 2.23. The Morgan fingerprint density at radius 2 is 2.06 bits per heavy atom. The molecule has 0 aliphatic heterocycles. The first kappa shape index (κ1) is 14.9. The zero-order valence-corrected chi connectivity index (χ0v) is 10.6. The van der Waals surface area contributed by atoms with Gasteiger partial charge in [0.2, 0.25) is 0 Å². The smallest absolute Gasteiger partial charge is 0.312 e. The van der Waals surface area contributed by atoms with Crippen molar-refractivity contribution in [3.63, 3.8) is 0 Å². The number of rotatable bonds is 4. The van der Waals surface area contributed by atoms with Gasteiger partial charge in [0.1, 0.15) is 9.84 Å². The summed E-state index contributed by atoms with van der Waals surface area (Å²) in [5, 5.41) is 2.57. The quantitative estimate of drug-likeness (QED) is 0.907. The molecule has 0 aliphatic carbocycles. The van der Waals surface area contributed by atoms with E-state index in [9.17, 15) is 21.6 Å². The largest absolute Gasteiger partial charge is 0.416 e. The van der Waals surface area contributed by atoms with Gasteiger partial charge in [-0.05, 0) is 13.1 Å². The molecule has 18 heavy (non-hydrogen) atoms. The molecule has 0 fully saturated rings. The molecule has 1 unspecified atom stereocenters. The molecule has 0 saturated heterocycles. The summed E-state index contributed by atoms with van der Waals surface area (Å²) in [5.74, 6) is -0.418. The van der Waals surface area contributed by atoms with E-state index in [4.69, 9.17) is 0 Å². The molecule has 1 aromatic rings. The van der Waals surface area contributed by atoms with Gasteiger partial charge in [0.05, 0.1) is 11.3 Å². The van der Waals surface area contributed by atoms with Gasteiger partial charge in [-0.25, -0.2) is 8.42 Å². The lowest BCUT2D eigenvalue weighted by Crippen LogP contribution is -2.27. The highest BCUT2D eigenvalue weighted by Gasteiger charge is 2.35. The highest BCUT2D eigenvalue weighted by atomic mass is 32.2. The van der Waals surface area contributed by atoms with Crippen molar-refractivity contribution in [1.82, 2.24) is 10.3 Å². The van der Waals surface area contributed by atoms with Gasteiger partial charge in [-0.2, -0.15) is 13.2 Å². The van der Waals surface area contributed by atoms with Gasteiger partial charge < -0.3 is 5.32 Å². The van der Waals surface area contributed by atoms with Crippen molar-refractivity contribution < 1.29 is 21.6 Å². The molecule has 0 amide bonds. The van der Waals surface area contributed by atoms with Crippen molar-refractivity contribution in [2.45, 2.75) is 12.2 Å². The van der Waals surface area contributed by atoms with Crippen molar-refractivity contribution in [3.8, 4) is 0 Å². The monoisotopic (exact) mass is 282 g/mol. The molecule has 1 atom stereocenters. The number of hydrogen-bond donors (Lipinski definition) is 1. The fourth-order valence-electron chi connectivity index (χ4n) is 1.57. The van der Waals surface area contributed by atoms with Crippen molar-refractivity contribution in [2.24, 2.45) is 0 Å². The molecule has 1 rings (SSSR count). The number of alkyl halides is 3. The van der Waals surface area contributed by atoms with Gasteiger partial charge in [0.15, 0.2) is 0 Å². The number of hydrogen-bond acceptors (Lipinski definition) is 4. The first-order valence-electron chi connectivity index (χ1n) is 5.01. The molecule has 0 aromatic carbocycles. The molecule has 0 radical (unpaired) electrons. The minimum atomic E-state index is -4.54. The molecule has 8 heteroatoms. The number of sulfone groups is 1. The van der Waals surface area contributed by atoms with Crippen LogP contribution in [-0.2, 0) is 16.0 Å². The van der Waals surface area contributed by atoms with Crippen LogP contribution >= 0.6 is 0 Å². The maximum absolute atomic E-state index is 12.8. The Hall–Kier alpha value is -1.15. The zero-order valence-electron chi connectivity index (χ0n) is 9.82. The fourth-order valence-corrected chi connectivity index (χ4v) is 2.53. The second-order valence-corrected chi connectivity index (χ2v) is 6.08. The average molecular weight is 282 g/mol. The molecule has 1 heterocycles. The Kier molecular flexibility index (Phi) is 4.33. The number of halogens is 3. The second-order valence-electron chi connectivity index (χ2n) is 3.89. The molecule has 0 spiro atoms. The predicted molar refractivity (Wildman–Crippen MR) is 60.8 cm³/mol. The first-order chi connectivity index (χ1) is 8.15. The van der Waals surface area contributed by atoms with Gasteiger partial charge in [-0.1, -0.05) is 0 Å². The summed E-state index contributed by atoms with van der Waals surface area (Å²) in [6, 6.07) is -0.104. The third-order valence-corrected chi connectivity index (χ3v) is 3.29. The third-order valence-electron chi connectivity index (χ3n) is 2.35. The van der Waals surface area contributed by atoms with Crippen LogP contribution in [0.25, 0.3) is 0 Å². The van der Waals surface area contributed by atoms with Crippen molar-refractivity contribution in [3.05, 3.63) is 29.6 Å². The first-order valence-corrected chi connectivity index (χ1v) is 7.07. The zero-order chi connectivity index (χ0) is 14.0. The van der Waals surface area contributed by atoms with Crippen molar-refractivity contribution in [2.75, 3.05) is 19.1 Å². The second kappa shape index (κ2) is 5.23. The van der Waals surface area contributed by atoms with Gasteiger partial charge in [-0.15, -0.1) is 0 Å². The van der Waals surface area contributed by atoms with Crippen LogP contribution in [0.15, 0.2) is 18.5 Å². The molecule has 1 aromatic heterocycles. The van der Waals surface area contributed by atoms with Crippen LogP contribution in [0.1, 0.15) is 17.2 Å². The van der Waals surface area contributed by atoms with Gasteiger partial charge in [0.25, 0.3) is 0 Å². The highest BCUT2D eigenvalue weighted by molar-refractivity contribution is 7.90. The number of nitrogens with zero attached hydrogens (tertiary/aromatic N) is 1. The Balaban J connectivity index is 3.22. The molecule has 1 N–H and O–H groups in total. The maximum Gasteiger partial charge on any atom is 0.416 e. The summed E-state index contributed by atoms with van der Waals surface area (Å²) < 4.78 is 60.7. The van der Waals surface area contributed by atoms with Crippen LogP contribution in [0.3, 0.4) is 0 Å². The molecule has 0 aliphatic rings. The van der Waals surface area contributed by atoms with Gasteiger partial charge >= 0.3 is 6.18 Å². The van der Waals surface area contributed by atoms with Crippen molar-refractivity contribution >= 4 is 9.84 Å². The lowest BCUT2D eigenvalue weighted by molar-refractivity contribution is -0.138. The van der Waals surface area contributed by atoms with Crippen LogP contribution in [0.4, 0.5) is 13.2 Å². The van der Waals surface area contributed by atoms with Crippen LogP contribution in [0, 0.1) is 0 Å². The summed E-state index contributed by atoms with van der Waals surface area (Å²) in [7, 11) is -2.00. The van der Waals surface area contributed by atoms with Crippen LogP contribution in [0.5, 0.6) is 0 Å². The normalized spacial score (nSPS) is 14.5. The van der Waals surface area contributed by atoms with E-state index in [1.165, 1.54) is 7.05 Å². The Labute approximate surface area is 103 Å². The summed E-state index contributed by atoms with van der Waals surface area (Å²) in [6.07, 6.45) is -1.50. The van der Waals surface area contributed by atoms with E-state index in [-0.39, 0.29) is 5.56 Å². The lowest BCUT2D eigenvalue weighted by atomic mass is 10.0. The Morgan fingerprint density at radius 3 is 2.50 bits per heavy atom. The standard InChI is InChI=1S/C10H13F3N2O2S/c1-14-9(6-18(2,16)17)7-5-15-4-3-8(7)10(11,12)13/h3-5,9,14H,6H2,1-2H3. The summed E-state index contributed by atoms with van der Waals surface area (Å²) in [5.41, 5.74) is -1.04. The van der Waals surface area contributed by atoms with Crippen LogP contribution in [0.2, 0.25) is 0 Å². The van der Waals surface area contributed by atoms with E-state index in [0.29, 0.717) is 0 Å². The van der Waals surface area contributed by atoms with E-state index in [1.54, 1.807) is 0 Å². The Bertz CT molecular complexity index is 514. The van der Waals surface area contributed by atoms with Gasteiger partial charge in [-0.3, -0.25) is 4.98 Å². The van der Waals surface area contributed by atoms with E-state index >= 15 is 0 Å². The number of pyridine rings is 1. The molecular formula is C10H13F3N2O2S. The van der Waals surface area contributed by atoms with Gasteiger partial charge in [0, 0.05) is 30.3 Å².